The summed E-state index contributed by atoms with van der Waals surface area (Å²) in [4.78, 5) is 21.2. The molecule has 140 valence electrons. The van der Waals surface area contributed by atoms with Crippen LogP contribution in [0.3, 0.4) is 0 Å². The lowest BCUT2D eigenvalue weighted by Gasteiger charge is -2.06. The molecule has 1 N–H and O–H groups in total. The molecule has 7 nitrogen and oxygen atoms in total. The molecule has 29 heavy (non-hydrogen) atoms. The molecule has 0 aliphatic heterocycles. The number of hydrogen-bond donors (Lipinski definition) is 1. The Balaban J connectivity index is 1.34. The summed E-state index contributed by atoms with van der Waals surface area (Å²) in [5.41, 5.74) is 4.13. The van der Waals surface area contributed by atoms with E-state index < -0.39 is 0 Å². The van der Waals surface area contributed by atoms with Crippen molar-refractivity contribution in [3.8, 4) is 16.4 Å². The number of benzene rings is 2. The van der Waals surface area contributed by atoms with Crippen LogP contribution in [0, 0.1) is 0 Å². The molecule has 8 heteroatoms. The van der Waals surface area contributed by atoms with Gasteiger partial charge in [0, 0.05) is 17.4 Å². The fourth-order valence-corrected chi connectivity index (χ4v) is 3.69. The smallest absolute Gasteiger partial charge is 0.257 e. The van der Waals surface area contributed by atoms with Crippen LogP contribution >= 0.6 is 11.3 Å². The summed E-state index contributed by atoms with van der Waals surface area (Å²) < 4.78 is 1.99. The maximum absolute atomic E-state index is 12.6. The number of carbonyl (C=O) groups is 1. The van der Waals surface area contributed by atoms with Crippen molar-refractivity contribution in [3.05, 3.63) is 84.8 Å². The van der Waals surface area contributed by atoms with Crippen LogP contribution < -0.4 is 5.32 Å². The lowest BCUT2D eigenvalue weighted by molar-refractivity contribution is 0.102. The maximum atomic E-state index is 12.6. The quantitative estimate of drug-likeness (QED) is 0.491. The Bertz CT molecular complexity index is 1290. The van der Waals surface area contributed by atoms with E-state index >= 15 is 0 Å². The van der Waals surface area contributed by atoms with Crippen LogP contribution in [0.4, 0.5) is 5.13 Å². The van der Waals surface area contributed by atoms with E-state index in [2.05, 4.69) is 25.5 Å². The minimum absolute atomic E-state index is 0.240. The lowest BCUT2D eigenvalue weighted by Crippen LogP contribution is -2.11. The molecule has 3 aromatic heterocycles. The Morgan fingerprint density at radius 3 is 2.55 bits per heavy atom. The number of para-hydroxylation sites is 2. The van der Waals surface area contributed by atoms with Gasteiger partial charge >= 0.3 is 0 Å². The van der Waals surface area contributed by atoms with Gasteiger partial charge in [-0.15, -0.1) is 10.2 Å². The maximum Gasteiger partial charge on any atom is 0.257 e. The summed E-state index contributed by atoms with van der Waals surface area (Å²) in [5.74, 6) is -0.240. The van der Waals surface area contributed by atoms with Crippen molar-refractivity contribution < 1.29 is 4.79 Å². The molecule has 3 heterocycles. The second-order valence-corrected chi connectivity index (χ2v) is 7.21. The SMILES string of the molecule is O=C(Nc1nnc(-c2ccccn2)s1)c1ccc(-n2cnc3ccccc32)cc1. The molecule has 5 aromatic rings. The van der Waals surface area contributed by atoms with Crippen LogP contribution in [-0.2, 0) is 0 Å². The molecule has 0 spiro atoms. The lowest BCUT2D eigenvalue weighted by atomic mass is 10.2. The third kappa shape index (κ3) is 3.37. The predicted molar refractivity (Wildman–Crippen MR) is 112 cm³/mol. The molecule has 0 fully saturated rings. The molecular formula is C21H14N6OS. The Morgan fingerprint density at radius 1 is 0.897 bits per heavy atom. The molecule has 0 aliphatic carbocycles. The van der Waals surface area contributed by atoms with Gasteiger partial charge in [0.05, 0.1) is 11.0 Å². The van der Waals surface area contributed by atoms with Crippen molar-refractivity contribution in [1.29, 1.82) is 0 Å². The zero-order valence-corrected chi connectivity index (χ0v) is 15.9. The number of nitrogens with one attached hydrogen (secondary N) is 1. The highest BCUT2D eigenvalue weighted by molar-refractivity contribution is 7.18. The number of carbonyl (C=O) groups excluding carboxylic acids is 1. The Morgan fingerprint density at radius 2 is 1.72 bits per heavy atom. The van der Waals surface area contributed by atoms with E-state index in [1.165, 1.54) is 11.3 Å². The topological polar surface area (TPSA) is 85.6 Å². The number of hydrogen-bond acceptors (Lipinski definition) is 6. The number of nitrogens with zero attached hydrogens (tertiary/aromatic N) is 5. The molecule has 5 rings (SSSR count). The number of pyridine rings is 1. The summed E-state index contributed by atoms with van der Waals surface area (Å²) in [6.07, 6.45) is 3.47. The molecule has 0 unspecified atom stereocenters. The summed E-state index contributed by atoms with van der Waals surface area (Å²) >= 11 is 1.28. The summed E-state index contributed by atoms with van der Waals surface area (Å²) in [6.45, 7) is 0. The molecule has 0 aliphatic rings. The third-order valence-electron chi connectivity index (χ3n) is 4.39. The summed E-state index contributed by atoms with van der Waals surface area (Å²) in [6, 6.07) is 20.8. The number of amides is 1. The van der Waals surface area contributed by atoms with E-state index in [9.17, 15) is 4.79 Å². The van der Waals surface area contributed by atoms with Crippen LogP contribution in [0.5, 0.6) is 0 Å². The van der Waals surface area contributed by atoms with Gasteiger partial charge in [-0.2, -0.15) is 0 Å². The highest BCUT2D eigenvalue weighted by Crippen LogP contribution is 2.25. The molecule has 0 atom stereocenters. The van der Waals surface area contributed by atoms with E-state index in [0.29, 0.717) is 15.7 Å². The van der Waals surface area contributed by atoms with Crippen molar-refractivity contribution in [2.45, 2.75) is 0 Å². The van der Waals surface area contributed by atoms with Crippen LogP contribution in [0.25, 0.3) is 27.4 Å². The zero-order chi connectivity index (χ0) is 19.6. The van der Waals surface area contributed by atoms with Gasteiger partial charge < -0.3 is 0 Å². The van der Waals surface area contributed by atoms with Crippen molar-refractivity contribution in [2.24, 2.45) is 0 Å². The molecule has 2 aromatic carbocycles. The average Bonchev–Trinajstić information content (AvgIpc) is 3.42. The third-order valence-corrected chi connectivity index (χ3v) is 5.25. The van der Waals surface area contributed by atoms with E-state index in [0.717, 1.165) is 22.4 Å². The number of imidazole rings is 1. The molecular weight excluding hydrogens is 384 g/mol. The van der Waals surface area contributed by atoms with Crippen LogP contribution in [0.2, 0.25) is 0 Å². The van der Waals surface area contributed by atoms with Gasteiger partial charge in [0.2, 0.25) is 5.13 Å². The number of aromatic nitrogens is 5. The van der Waals surface area contributed by atoms with Crippen molar-refractivity contribution >= 4 is 33.4 Å². The number of rotatable bonds is 4. The predicted octanol–water partition coefficient (Wildman–Crippen LogP) is 4.19. The van der Waals surface area contributed by atoms with E-state index in [4.69, 9.17) is 0 Å². The van der Waals surface area contributed by atoms with Gasteiger partial charge in [-0.3, -0.25) is 19.7 Å². The highest BCUT2D eigenvalue weighted by atomic mass is 32.1. The van der Waals surface area contributed by atoms with Crippen molar-refractivity contribution in [1.82, 2.24) is 24.7 Å². The first kappa shape index (κ1) is 17.2. The van der Waals surface area contributed by atoms with Gasteiger partial charge in [-0.1, -0.05) is 29.5 Å². The minimum atomic E-state index is -0.240. The fourth-order valence-electron chi connectivity index (χ4n) is 2.97. The number of fused-ring (bicyclic) bond motifs is 1. The Labute approximate surface area is 169 Å². The molecule has 0 saturated carbocycles. The molecule has 0 bridgehead atoms. The second kappa shape index (κ2) is 7.25. The van der Waals surface area contributed by atoms with E-state index in [1.807, 2.05) is 59.2 Å². The zero-order valence-electron chi connectivity index (χ0n) is 15.1. The van der Waals surface area contributed by atoms with Crippen molar-refractivity contribution in [2.75, 3.05) is 5.32 Å². The number of anilines is 1. The van der Waals surface area contributed by atoms with Gasteiger partial charge in [-0.05, 0) is 48.5 Å². The first-order valence-electron chi connectivity index (χ1n) is 8.87. The van der Waals surface area contributed by atoms with Crippen LogP contribution in [0.15, 0.2) is 79.3 Å². The molecule has 0 radical (unpaired) electrons. The van der Waals surface area contributed by atoms with Gasteiger partial charge in [0.25, 0.3) is 5.91 Å². The Hall–Kier alpha value is -3.91. The molecule has 1 amide bonds. The van der Waals surface area contributed by atoms with Crippen LogP contribution in [-0.4, -0.2) is 30.6 Å². The van der Waals surface area contributed by atoms with Gasteiger partial charge in [0.1, 0.15) is 12.0 Å². The van der Waals surface area contributed by atoms with E-state index in [1.54, 1.807) is 24.7 Å². The average molecular weight is 398 g/mol. The molecule has 0 saturated heterocycles. The van der Waals surface area contributed by atoms with E-state index in [-0.39, 0.29) is 5.91 Å². The normalized spacial score (nSPS) is 10.9. The van der Waals surface area contributed by atoms with Gasteiger partial charge in [0.15, 0.2) is 5.01 Å². The monoisotopic (exact) mass is 398 g/mol. The fraction of sp³-hybridized carbons (Fsp3) is 0. The largest absolute Gasteiger partial charge is 0.299 e. The van der Waals surface area contributed by atoms with Crippen molar-refractivity contribution in [3.63, 3.8) is 0 Å². The summed E-state index contributed by atoms with van der Waals surface area (Å²) in [7, 11) is 0. The standard InChI is InChI=1S/C21H14N6OS/c28-19(24-21-26-25-20(29-21)17-6-3-4-12-22-17)14-8-10-15(11-9-14)27-13-23-16-5-1-2-7-18(16)27/h1-13H,(H,24,26,28). The second-order valence-electron chi connectivity index (χ2n) is 6.23. The van der Waals surface area contributed by atoms with Crippen LogP contribution in [0.1, 0.15) is 10.4 Å². The first-order valence-corrected chi connectivity index (χ1v) is 9.68. The Kier molecular flexibility index (Phi) is 4.30. The first-order chi connectivity index (χ1) is 14.3. The minimum Gasteiger partial charge on any atom is -0.299 e. The highest BCUT2D eigenvalue weighted by Gasteiger charge is 2.12. The summed E-state index contributed by atoms with van der Waals surface area (Å²) in [5, 5.41) is 12.0. The van der Waals surface area contributed by atoms with Gasteiger partial charge in [-0.25, -0.2) is 4.98 Å².